The van der Waals surface area contributed by atoms with E-state index in [1.54, 1.807) is 0 Å². The van der Waals surface area contributed by atoms with E-state index in [4.69, 9.17) is 4.74 Å². The highest BCUT2D eigenvalue weighted by Crippen LogP contribution is 2.39. The van der Waals surface area contributed by atoms with Gasteiger partial charge in [0.1, 0.15) is 6.61 Å². The summed E-state index contributed by atoms with van der Waals surface area (Å²) in [4.78, 5) is 2.33. The van der Waals surface area contributed by atoms with Gasteiger partial charge in [0.2, 0.25) is 0 Å². The maximum atomic E-state index is 9.58. The molecular formula is C37H31NO2. The summed E-state index contributed by atoms with van der Waals surface area (Å²) in [5.74, 6) is 0.829. The van der Waals surface area contributed by atoms with Gasteiger partial charge in [-0.25, -0.2) is 0 Å². The molecule has 0 aliphatic carbocycles. The number of benzene rings is 6. The molecule has 6 rings (SSSR count). The Balaban J connectivity index is 1.32. The molecule has 0 amide bonds. The molecule has 0 unspecified atom stereocenters. The standard InChI is InChI=1S/C37H31NO2/c1-27(40-26-33-12-6-5-11-32(33)25-39)22-28-18-19-31-24-35(21-20-30(31)23-28)38(34-14-3-2-4-15-34)37-17-9-13-29-10-7-8-16-36(29)37/h2-24,39H,25-26H2,1H3. The lowest BCUT2D eigenvalue weighted by Gasteiger charge is -2.27. The van der Waals surface area contributed by atoms with Crippen molar-refractivity contribution >= 4 is 44.7 Å². The first kappa shape index (κ1) is 25.4. The first-order chi connectivity index (χ1) is 19.7. The summed E-state index contributed by atoms with van der Waals surface area (Å²) < 4.78 is 6.01. The van der Waals surface area contributed by atoms with Crippen LogP contribution in [-0.4, -0.2) is 5.11 Å². The number of fused-ring (bicyclic) bond motifs is 2. The Hall–Kier alpha value is -4.86. The summed E-state index contributed by atoms with van der Waals surface area (Å²) in [7, 11) is 0. The highest BCUT2D eigenvalue weighted by molar-refractivity contribution is 6.00. The van der Waals surface area contributed by atoms with E-state index in [1.165, 1.54) is 21.5 Å². The van der Waals surface area contributed by atoms with Crippen molar-refractivity contribution in [1.29, 1.82) is 0 Å². The van der Waals surface area contributed by atoms with Crippen LogP contribution in [-0.2, 0) is 18.0 Å². The van der Waals surface area contributed by atoms with Crippen molar-refractivity contribution in [1.82, 2.24) is 0 Å². The molecule has 0 aliphatic heterocycles. The molecule has 0 fully saturated rings. The molecule has 6 aromatic carbocycles. The fourth-order valence-electron chi connectivity index (χ4n) is 5.21. The van der Waals surface area contributed by atoms with Crippen LogP contribution in [0, 0.1) is 0 Å². The molecule has 3 nitrogen and oxygen atoms in total. The monoisotopic (exact) mass is 521 g/mol. The van der Waals surface area contributed by atoms with Crippen LogP contribution in [0.3, 0.4) is 0 Å². The largest absolute Gasteiger partial charge is 0.494 e. The molecule has 0 saturated carbocycles. The third-order valence-corrected chi connectivity index (χ3v) is 7.24. The highest BCUT2D eigenvalue weighted by Gasteiger charge is 2.15. The zero-order valence-corrected chi connectivity index (χ0v) is 22.5. The Morgan fingerprint density at radius 1 is 0.650 bits per heavy atom. The average Bonchev–Trinajstić information content (AvgIpc) is 3.01. The third kappa shape index (κ3) is 5.33. The maximum absolute atomic E-state index is 9.58. The number of rotatable bonds is 8. The number of allylic oxidation sites excluding steroid dienone is 1. The Bertz CT molecular complexity index is 1800. The van der Waals surface area contributed by atoms with Crippen molar-refractivity contribution in [2.45, 2.75) is 20.1 Å². The van der Waals surface area contributed by atoms with Crippen LogP contribution in [0.2, 0.25) is 0 Å². The molecule has 0 spiro atoms. The first-order valence-corrected chi connectivity index (χ1v) is 13.5. The number of hydrogen-bond acceptors (Lipinski definition) is 3. The SMILES string of the molecule is CC(=Cc1ccc2cc(N(c3ccccc3)c3cccc4ccccc34)ccc2c1)OCc1ccccc1CO. The van der Waals surface area contributed by atoms with E-state index >= 15 is 0 Å². The lowest BCUT2D eigenvalue weighted by atomic mass is 10.0. The summed E-state index contributed by atoms with van der Waals surface area (Å²) in [5, 5.41) is 14.3. The van der Waals surface area contributed by atoms with Crippen molar-refractivity contribution < 1.29 is 9.84 Å². The number of aliphatic hydroxyl groups excluding tert-OH is 1. The number of hydrogen-bond donors (Lipinski definition) is 1. The molecule has 0 bridgehead atoms. The Labute approximate surface area is 235 Å². The number of para-hydroxylation sites is 1. The summed E-state index contributed by atoms with van der Waals surface area (Å²) in [6.07, 6.45) is 2.06. The Morgan fingerprint density at radius 2 is 1.35 bits per heavy atom. The van der Waals surface area contributed by atoms with Crippen LogP contribution in [0.15, 0.2) is 139 Å². The highest BCUT2D eigenvalue weighted by atomic mass is 16.5. The predicted octanol–water partition coefficient (Wildman–Crippen LogP) is 9.53. The van der Waals surface area contributed by atoms with Gasteiger partial charge in [-0.15, -0.1) is 0 Å². The van der Waals surface area contributed by atoms with Gasteiger partial charge in [-0.1, -0.05) is 97.1 Å². The second-order valence-electron chi connectivity index (χ2n) is 9.93. The fourth-order valence-corrected chi connectivity index (χ4v) is 5.21. The van der Waals surface area contributed by atoms with Gasteiger partial charge in [0.25, 0.3) is 0 Å². The predicted molar refractivity (Wildman–Crippen MR) is 167 cm³/mol. The molecular weight excluding hydrogens is 490 g/mol. The number of ether oxygens (including phenoxy) is 1. The van der Waals surface area contributed by atoms with Gasteiger partial charge < -0.3 is 14.7 Å². The van der Waals surface area contributed by atoms with E-state index in [2.05, 4.69) is 120 Å². The molecule has 0 aliphatic rings. The third-order valence-electron chi connectivity index (χ3n) is 7.24. The van der Waals surface area contributed by atoms with Gasteiger partial charge in [0, 0.05) is 16.8 Å². The van der Waals surface area contributed by atoms with Gasteiger partial charge in [-0.3, -0.25) is 0 Å². The second kappa shape index (κ2) is 11.5. The topological polar surface area (TPSA) is 32.7 Å². The minimum Gasteiger partial charge on any atom is -0.494 e. The lowest BCUT2D eigenvalue weighted by Crippen LogP contribution is -2.10. The van der Waals surface area contributed by atoms with Gasteiger partial charge in [-0.2, -0.15) is 0 Å². The van der Waals surface area contributed by atoms with Gasteiger partial charge in [0.05, 0.1) is 18.1 Å². The molecule has 6 aromatic rings. The minimum atomic E-state index is 0.0111. The van der Waals surface area contributed by atoms with E-state index in [0.717, 1.165) is 39.5 Å². The van der Waals surface area contributed by atoms with Crippen molar-refractivity contribution in [3.05, 3.63) is 156 Å². The molecule has 3 heteroatoms. The average molecular weight is 522 g/mol. The Morgan fingerprint density at radius 3 is 2.20 bits per heavy atom. The summed E-state index contributed by atoms with van der Waals surface area (Å²) >= 11 is 0. The van der Waals surface area contributed by atoms with Crippen molar-refractivity contribution in [2.24, 2.45) is 0 Å². The Kier molecular flexibility index (Phi) is 7.30. The van der Waals surface area contributed by atoms with Crippen molar-refractivity contribution in [3.8, 4) is 0 Å². The van der Waals surface area contributed by atoms with Crippen LogP contribution >= 0.6 is 0 Å². The van der Waals surface area contributed by atoms with E-state index in [9.17, 15) is 5.11 Å². The van der Waals surface area contributed by atoms with Crippen molar-refractivity contribution in [2.75, 3.05) is 4.90 Å². The van der Waals surface area contributed by atoms with Crippen molar-refractivity contribution in [3.63, 3.8) is 0 Å². The number of aliphatic hydroxyl groups is 1. The van der Waals surface area contributed by atoms with Crippen LogP contribution in [0.1, 0.15) is 23.6 Å². The van der Waals surface area contributed by atoms with Gasteiger partial charge in [0.15, 0.2) is 0 Å². The van der Waals surface area contributed by atoms with E-state index in [-0.39, 0.29) is 6.61 Å². The first-order valence-electron chi connectivity index (χ1n) is 13.5. The minimum absolute atomic E-state index is 0.0111. The smallest absolute Gasteiger partial charge is 0.113 e. The quantitative estimate of drug-likeness (QED) is 0.202. The van der Waals surface area contributed by atoms with Crippen LogP contribution in [0.5, 0.6) is 0 Å². The zero-order valence-electron chi connectivity index (χ0n) is 22.5. The normalized spacial score (nSPS) is 11.6. The molecule has 0 radical (unpaired) electrons. The van der Waals surface area contributed by atoms with Crippen LogP contribution in [0.4, 0.5) is 17.1 Å². The molecule has 40 heavy (non-hydrogen) atoms. The molecule has 1 N–H and O–H groups in total. The second-order valence-corrected chi connectivity index (χ2v) is 9.93. The summed E-state index contributed by atoms with van der Waals surface area (Å²) in [5.41, 5.74) is 6.36. The van der Waals surface area contributed by atoms with E-state index in [1.807, 2.05) is 31.2 Å². The maximum Gasteiger partial charge on any atom is 0.113 e. The van der Waals surface area contributed by atoms with E-state index in [0.29, 0.717) is 6.61 Å². The van der Waals surface area contributed by atoms with Gasteiger partial charge in [-0.05, 0) is 82.2 Å². The number of nitrogens with zero attached hydrogens (tertiary/aromatic N) is 1. The lowest BCUT2D eigenvalue weighted by molar-refractivity contribution is 0.199. The molecule has 0 saturated heterocycles. The fraction of sp³-hybridized carbons (Fsp3) is 0.0811. The molecule has 0 aromatic heterocycles. The molecule has 0 heterocycles. The zero-order chi connectivity index (χ0) is 27.3. The van der Waals surface area contributed by atoms with Crippen LogP contribution in [0.25, 0.3) is 27.6 Å². The summed E-state index contributed by atoms with van der Waals surface area (Å²) in [6, 6.07) is 46.5. The van der Waals surface area contributed by atoms with E-state index < -0.39 is 0 Å². The van der Waals surface area contributed by atoms with Crippen LogP contribution < -0.4 is 4.90 Å². The number of anilines is 3. The van der Waals surface area contributed by atoms with Gasteiger partial charge >= 0.3 is 0 Å². The molecule has 196 valence electrons. The molecule has 0 atom stereocenters. The summed E-state index contributed by atoms with van der Waals surface area (Å²) in [6.45, 7) is 2.41.